The first-order chi connectivity index (χ1) is 14.4. The fraction of sp³-hybridized carbons (Fsp3) is 0.333. The molecule has 0 N–H and O–H groups in total. The first-order valence-electron chi connectivity index (χ1n) is 10.2. The van der Waals surface area contributed by atoms with Gasteiger partial charge in [0.25, 0.3) is 5.69 Å². The van der Waals surface area contributed by atoms with Crippen molar-refractivity contribution in [3.63, 3.8) is 0 Å². The van der Waals surface area contributed by atoms with Crippen LogP contribution in [0.25, 0.3) is 0 Å². The highest BCUT2D eigenvalue weighted by Crippen LogP contribution is 2.18. The number of nitro groups is 1. The molecule has 0 aliphatic carbocycles. The van der Waals surface area contributed by atoms with Gasteiger partial charge in [0.1, 0.15) is 5.82 Å². The predicted molar refractivity (Wildman–Crippen MR) is 117 cm³/mol. The average Bonchev–Trinajstić information content (AvgIpc) is 3.14. The summed E-state index contributed by atoms with van der Waals surface area (Å²) in [7, 11) is 0. The molecule has 1 aromatic heterocycles. The fourth-order valence-corrected chi connectivity index (χ4v) is 3.44. The highest BCUT2D eigenvalue weighted by molar-refractivity contribution is 5.34. The van der Waals surface area contributed by atoms with E-state index in [4.69, 9.17) is 0 Å². The Labute approximate surface area is 176 Å². The molecule has 0 aliphatic rings. The largest absolute Gasteiger partial charge is 0.346 e. The molecule has 0 spiro atoms. The van der Waals surface area contributed by atoms with E-state index in [9.17, 15) is 14.5 Å². The maximum atomic E-state index is 13.2. The van der Waals surface area contributed by atoms with E-state index in [0.717, 1.165) is 36.3 Å². The molecule has 3 rings (SSSR count). The van der Waals surface area contributed by atoms with Crippen molar-refractivity contribution >= 4 is 5.69 Å². The third kappa shape index (κ3) is 6.26. The van der Waals surface area contributed by atoms with Crippen LogP contribution in [-0.2, 0) is 19.6 Å². The number of nitrogens with zero attached hydrogens (tertiary/aromatic N) is 3. The summed E-state index contributed by atoms with van der Waals surface area (Å²) in [5.41, 5.74) is 3.26. The van der Waals surface area contributed by atoms with Crippen molar-refractivity contribution < 1.29 is 9.31 Å². The maximum Gasteiger partial charge on any atom is 0.269 e. The van der Waals surface area contributed by atoms with E-state index in [-0.39, 0.29) is 16.4 Å². The van der Waals surface area contributed by atoms with E-state index >= 15 is 0 Å². The van der Waals surface area contributed by atoms with Crippen LogP contribution in [-0.4, -0.2) is 20.9 Å². The van der Waals surface area contributed by atoms with Gasteiger partial charge in [-0.1, -0.05) is 38.1 Å². The molecule has 0 amide bonds. The van der Waals surface area contributed by atoms with Crippen LogP contribution in [0, 0.1) is 21.8 Å². The third-order valence-electron chi connectivity index (χ3n) is 5.13. The molecule has 1 heterocycles. The molecule has 0 aliphatic heterocycles. The number of benzene rings is 2. The molecule has 6 heteroatoms. The molecule has 0 fully saturated rings. The van der Waals surface area contributed by atoms with Gasteiger partial charge in [0, 0.05) is 43.7 Å². The minimum Gasteiger partial charge on any atom is -0.346 e. The van der Waals surface area contributed by atoms with Crippen molar-refractivity contribution in [2.75, 3.05) is 6.54 Å². The average molecular weight is 410 g/mol. The number of hydrogen-bond acceptors (Lipinski definition) is 3. The Morgan fingerprint density at radius 2 is 1.80 bits per heavy atom. The quantitative estimate of drug-likeness (QED) is 0.322. The summed E-state index contributed by atoms with van der Waals surface area (Å²) in [5, 5.41) is 11.1. The lowest BCUT2D eigenvalue weighted by Crippen LogP contribution is -2.26. The lowest BCUT2D eigenvalue weighted by atomic mass is 10.1. The van der Waals surface area contributed by atoms with Gasteiger partial charge in [-0.15, -0.1) is 0 Å². The molecule has 3 aromatic rings. The second-order valence-corrected chi connectivity index (χ2v) is 8.07. The Bertz CT molecular complexity index is 967. The second-order valence-electron chi connectivity index (χ2n) is 8.07. The first-order valence-corrected chi connectivity index (χ1v) is 10.2. The van der Waals surface area contributed by atoms with Gasteiger partial charge in [0.05, 0.1) is 4.92 Å². The first kappa shape index (κ1) is 21.7. The smallest absolute Gasteiger partial charge is 0.269 e. The van der Waals surface area contributed by atoms with E-state index in [1.165, 1.54) is 18.2 Å². The summed E-state index contributed by atoms with van der Waals surface area (Å²) in [6, 6.07) is 17.5. The van der Waals surface area contributed by atoms with Crippen molar-refractivity contribution in [1.82, 2.24) is 9.47 Å². The van der Waals surface area contributed by atoms with Crippen LogP contribution in [0.3, 0.4) is 0 Å². The number of hydrogen-bond donors (Lipinski definition) is 0. The Balaban J connectivity index is 1.75. The van der Waals surface area contributed by atoms with Crippen LogP contribution in [0.1, 0.15) is 37.1 Å². The van der Waals surface area contributed by atoms with Crippen LogP contribution in [0.4, 0.5) is 10.1 Å². The lowest BCUT2D eigenvalue weighted by Gasteiger charge is -2.24. The number of non-ortho nitro benzene ring substituents is 1. The van der Waals surface area contributed by atoms with E-state index in [1.807, 2.05) is 18.3 Å². The second kappa shape index (κ2) is 10.2. The van der Waals surface area contributed by atoms with Crippen molar-refractivity contribution in [2.24, 2.45) is 5.92 Å². The summed E-state index contributed by atoms with van der Waals surface area (Å²) >= 11 is 0. The van der Waals surface area contributed by atoms with E-state index < -0.39 is 0 Å². The Kier molecular flexibility index (Phi) is 7.36. The van der Waals surface area contributed by atoms with Gasteiger partial charge >= 0.3 is 0 Å². The number of nitro benzene ring substituents is 1. The fourth-order valence-electron chi connectivity index (χ4n) is 3.44. The summed E-state index contributed by atoms with van der Waals surface area (Å²) in [6.45, 7) is 7.37. The van der Waals surface area contributed by atoms with E-state index in [1.54, 1.807) is 24.3 Å². The number of rotatable bonds is 10. The SMILES string of the molecule is CC(C)CCN(Cc1cccc([N+](=O)[O-])c1)Cc1cccn1Cc1ccc(F)cc1. The van der Waals surface area contributed by atoms with Gasteiger partial charge < -0.3 is 4.57 Å². The van der Waals surface area contributed by atoms with Gasteiger partial charge in [-0.05, 0) is 54.3 Å². The van der Waals surface area contributed by atoms with Crippen LogP contribution < -0.4 is 0 Å². The van der Waals surface area contributed by atoms with Gasteiger partial charge in [0.15, 0.2) is 0 Å². The number of aromatic nitrogens is 1. The predicted octanol–water partition coefficient (Wildman–Crippen LogP) is 5.63. The van der Waals surface area contributed by atoms with Gasteiger partial charge in [-0.3, -0.25) is 15.0 Å². The van der Waals surface area contributed by atoms with Crippen LogP contribution in [0.5, 0.6) is 0 Å². The molecule has 2 aromatic carbocycles. The summed E-state index contributed by atoms with van der Waals surface area (Å²) < 4.78 is 15.4. The van der Waals surface area contributed by atoms with Crippen molar-refractivity contribution in [1.29, 1.82) is 0 Å². The number of halogens is 1. The van der Waals surface area contributed by atoms with Crippen LogP contribution in [0.15, 0.2) is 66.9 Å². The highest BCUT2D eigenvalue weighted by atomic mass is 19.1. The summed E-state index contributed by atoms with van der Waals surface area (Å²) in [4.78, 5) is 13.1. The molecule has 0 unspecified atom stereocenters. The molecule has 0 saturated carbocycles. The normalized spacial score (nSPS) is 11.4. The van der Waals surface area contributed by atoms with Crippen molar-refractivity contribution in [3.8, 4) is 0 Å². The van der Waals surface area contributed by atoms with Crippen molar-refractivity contribution in [3.05, 3.63) is 99.6 Å². The molecule has 158 valence electrons. The lowest BCUT2D eigenvalue weighted by molar-refractivity contribution is -0.384. The van der Waals surface area contributed by atoms with E-state index in [2.05, 4.69) is 29.4 Å². The molecule has 0 bridgehead atoms. The standard InChI is InChI=1S/C24H28FN3O2/c1-19(2)12-14-26(16-21-5-3-6-23(15-21)28(29)30)18-24-7-4-13-27(24)17-20-8-10-22(25)11-9-20/h3-11,13,15,19H,12,14,16-18H2,1-2H3. The topological polar surface area (TPSA) is 51.3 Å². The van der Waals surface area contributed by atoms with Gasteiger partial charge in [-0.25, -0.2) is 4.39 Å². The van der Waals surface area contributed by atoms with Crippen LogP contribution in [0.2, 0.25) is 0 Å². The Morgan fingerprint density at radius 1 is 1.03 bits per heavy atom. The minimum absolute atomic E-state index is 0.121. The Morgan fingerprint density at radius 3 is 2.50 bits per heavy atom. The van der Waals surface area contributed by atoms with E-state index in [0.29, 0.717) is 19.0 Å². The molecule has 30 heavy (non-hydrogen) atoms. The molecular formula is C24H28FN3O2. The molecular weight excluding hydrogens is 381 g/mol. The zero-order valence-electron chi connectivity index (χ0n) is 17.5. The molecule has 0 saturated heterocycles. The molecule has 0 atom stereocenters. The van der Waals surface area contributed by atoms with Crippen LogP contribution >= 0.6 is 0 Å². The zero-order chi connectivity index (χ0) is 21.5. The third-order valence-corrected chi connectivity index (χ3v) is 5.13. The van der Waals surface area contributed by atoms with Gasteiger partial charge in [0.2, 0.25) is 0 Å². The van der Waals surface area contributed by atoms with Crippen molar-refractivity contribution in [2.45, 2.75) is 39.9 Å². The zero-order valence-corrected chi connectivity index (χ0v) is 17.5. The highest BCUT2D eigenvalue weighted by Gasteiger charge is 2.13. The maximum absolute atomic E-state index is 13.2. The minimum atomic E-state index is -0.351. The summed E-state index contributed by atoms with van der Waals surface area (Å²) in [6.07, 6.45) is 3.08. The molecule has 0 radical (unpaired) electrons. The molecule has 5 nitrogen and oxygen atoms in total. The summed E-state index contributed by atoms with van der Waals surface area (Å²) in [5.74, 6) is 0.340. The monoisotopic (exact) mass is 409 g/mol. The Hall–Kier alpha value is -2.99. The van der Waals surface area contributed by atoms with Gasteiger partial charge in [-0.2, -0.15) is 0 Å².